The van der Waals surface area contributed by atoms with Crippen molar-refractivity contribution in [1.29, 1.82) is 0 Å². The number of aryl methyl sites for hydroxylation is 1. The van der Waals surface area contributed by atoms with Gasteiger partial charge in [-0.15, -0.1) is 0 Å². The molecule has 1 N–H and O–H groups in total. The van der Waals surface area contributed by atoms with Gasteiger partial charge in [-0.3, -0.25) is 4.79 Å². The zero-order chi connectivity index (χ0) is 15.4. The third-order valence-electron chi connectivity index (χ3n) is 2.95. The number of rotatable bonds is 4. The van der Waals surface area contributed by atoms with E-state index in [1.165, 1.54) is 7.11 Å². The van der Waals surface area contributed by atoms with E-state index >= 15 is 0 Å². The van der Waals surface area contributed by atoms with Gasteiger partial charge in [0.05, 0.1) is 31.2 Å². The molecule has 1 amide bonds. The van der Waals surface area contributed by atoms with Crippen molar-refractivity contribution in [2.75, 3.05) is 19.5 Å². The third-order valence-corrected chi connectivity index (χ3v) is 3.39. The standard InChI is InChI=1S/C15H15BrN2O3/c1-9-12(5-7-14(16)17-9)18-15(19)11-8-10(20-2)4-6-13(11)21-3/h4-8H,1-3H3,(H,18,19). The number of pyridine rings is 1. The van der Waals surface area contributed by atoms with E-state index < -0.39 is 0 Å². The van der Waals surface area contributed by atoms with Crippen LogP contribution in [-0.4, -0.2) is 25.1 Å². The first-order valence-electron chi connectivity index (χ1n) is 6.21. The molecule has 0 aliphatic heterocycles. The van der Waals surface area contributed by atoms with Gasteiger partial charge >= 0.3 is 0 Å². The molecule has 0 atom stereocenters. The lowest BCUT2D eigenvalue weighted by molar-refractivity contribution is 0.102. The van der Waals surface area contributed by atoms with Gasteiger partial charge in [0.25, 0.3) is 5.91 Å². The highest BCUT2D eigenvalue weighted by Gasteiger charge is 2.15. The lowest BCUT2D eigenvalue weighted by atomic mass is 10.1. The summed E-state index contributed by atoms with van der Waals surface area (Å²) in [6.45, 7) is 1.82. The quantitative estimate of drug-likeness (QED) is 0.858. The summed E-state index contributed by atoms with van der Waals surface area (Å²) >= 11 is 3.29. The summed E-state index contributed by atoms with van der Waals surface area (Å²) in [6.07, 6.45) is 0. The predicted molar refractivity (Wildman–Crippen MR) is 84.2 cm³/mol. The van der Waals surface area contributed by atoms with Crippen LogP contribution in [-0.2, 0) is 0 Å². The highest BCUT2D eigenvalue weighted by atomic mass is 79.9. The van der Waals surface area contributed by atoms with Gasteiger partial charge < -0.3 is 14.8 Å². The predicted octanol–water partition coefficient (Wildman–Crippen LogP) is 3.42. The molecule has 0 unspecified atom stereocenters. The summed E-state index contributed by atoms with van der Waals surface area (Å²) in [4.78, 5) is 16.7. The lowest BCUT2D eigenvalue weighted by Crippen LogP contribution is -2.14. The number of anilines is 1. The summed E-state index contributed by atoms with van der Waals surface area (Å²) in [5, 5.41) is 2.82. The number of hydrogen-bond acceptors (Lipinski definition) is 4. The number of aromatic nitrogens is 1. The second kappa shape index (κ2) is 6.58. The average molecular weight is 351 g/mol. The minimum atomic E-state index is -0.280. The third kappa shape index (κ3) is 3.52. The van der Waals surface area contributed by atoms with E-state index in [4.69, 9.17) is 9.47 Å². The van der Waals surface area contributed by atoms with E-state index in [2.05, 4.69) is 26.2 Å². The fourth-order valence-electron chi connectivity index (χ4n) is 1.84. The molecular formula is C15H15BrN2O3. The van der Waals surface area contributed by atoms with Gasteiger partial charge in [0, 0.05) is 0 Å². The van der Waals surface area contributed by atoms with Gasteiger partial charge in [-0.05, 0) is 53.2 Å². The molecule has 0 fully saturated rings. The first-order chi connectivity index (χ1) is 10.0. The Morgan fingerprint density at radius 1 is 1.19 bits per heavy atom. The molecule has 0 radical (unpaired) electrons. The average Bonchev–Trinajstić information content (AvgIpc) is 2.49. The monoisotopic (exact) mass is 350 g/mol. The van der Waals surface area contributed by atoms with E-state index in [1.54, 1.807) is 37.4 Å². The summed E-state index contributed by atoms with van der Waals surface area (Å²) in [5.41, 5.74) is 1.77. The number of nitrogens with zero attached hydrogens (tertiary/aromatic N) is 1. The van der Waals surface area contributed by atoms with Crippen LogP contribution in [0, 0.1) is 6.92 Å². The van der Waals surface area contributed by atoms with E-state index in [-0.39, 0.29) is 5.91 Å². The maximum atomic E-state index is 12.4. The van der Waals surface area contributed by atoms with Crippen LogP contribution in [0.1, 0.15) is 16.1 Å². The molecule has 2 aromatic rings. The highest BCUT2D eigenvalue weighted by Crippen LogP contribution is 2.25. The van der Waals surface area contributed by atoms with Gasteiger partial charge in [-0.2, -0.15) is 0 Å². The normalized spacial score (nSPS) is 10.1. The van der Waals surface area contributed by atoms with Crippen molar-refractivity contribution >= 4 is 27.5 Å². The smallest absolute Gasteiger partial charge is 0.259 e. The fraction of sp³-hybridized carbons (Fsp3) is 0.200. The molecule has 0 aliphatic carbocycles. The van der Waals surface area contributed by atoms with Crippen LogP contribution in [0.15, 0.2) is 34.9 Å². The number of halogens is 1. The molecular weight excluding hydrogens is 336 g/mol. The van der Waals surface area contributed by atoms with E-state index in [0.29, 0.717) is 22.7 Å². The Kier molecular flexibility index (Phi) is 4.80. The number of ether oxygens (including phenoxy) is 2. The number of hydrogen-bond donors (Lipinski definition) is 1. The maximum Gasteiger partial charge on any atom is 0.259 e. The Labute approximate surface area is 131 Å². The minimum absolute atomic E-state index is 0.280. The van der Waals surface area contributed by atoms with Gasteiger partial charge in [-0.1, -0.05) is 0 Å². The van der Waals surface area contributed by atoms with Crippen LogP contribution in [0.4, 0.5) is 5.69 Å². The Balaban J connectivity index is 2.31. The second-order valence-corrected chi connectivity index (χ2v) is 5.10. The molecule has 2 rings (SSSR count). The fourth-order valence-corrected chi connectivity index (χ4v) is 2.24. The zero-order valence-electron chi connectivity index (χ0n) is 11.9. The summed E-state index contributed by atoms with van der Waals surface area (Å²) < 4.78 is 11.1. The van der Waals surface area contributed by atoms with Crippen LogP contribution in [0.25, 0.3) is 0 Å². The molecule has 0 saturated heterocycles. The molecule has 110 valence electrons. The highest BCUT2D eigenvalue weighted by molar-refractivity contribution is 9.10. The molecule has 0 saturated carbocycles. The Hall–Kier alpha value is -2.08. The van der Waals surface area contributed by atoms with Crippen molar-refractivity contribution in [3.05, 3.63) is 46.2 Å². The SMILES string of the molecule is COc1ccc(OC)c(C(=O)Nc2ccc(Br)nc2C)c1. The van der Waals surface area contributed by atoms with Crippen LogP contribution < -0.4 is 14.8 Å². The largest absolute Gasteiger partial charge is 0.497 e. The van der Waals surface area contributed by atoms with Crippen molar-refractivity contribution in [2.45, 2.75) is 6.92 Å². The Morgan fingerprint density at radius 3 is 2.57 bits per heavy atom. The van der Waals surface area contributed by atoms with Gasteiger partial charge in [0.15, 0.2) is 0 Å². The van der Waals surface area contributed by atoms with Gasteiger partial charge in [-0.25, -0.2) is 4.98 Å². The van der Waals surface area contributed by atoms with E-state index in [9.17, 15) is 4.79 Å². The van der Waals surface area contributed by atoms with Crippen LogP contribution in [0.5, 0.6) is 11.5 Å². The van der Waals surface area contributed by atoms with Crippen molar-refractivity contribution in [3.8, 4) is 11.5 Å². The number of nitrogens with one attached hydrogen (secondary N) is 1. The number of carbonyl (C=O) groups is 1. The van der Waals surface area contributed by atoms with Crippen LogP contribution in [0.3, 0.4) is 0 Å². The number of carbonyl (C=O) groups excluding carboxylic acids is 1. The molecule has 0 bridgehead atoms. The Bertz CT molecular complexity index is 674. The van der Waals surface area contributed by atoms with Crippen LogP contribution >= 0.6 is 15.9 Å². The lowest BCUT2D eigenvalue weighted by Gasteiger charge is -2.12. The maximum absolute atomic E-state index is 12.4. The van der Waals surface area contributed by atoms with Crippen molar-refractivity contribution in [2.24, 2.45) is 0 Å². The number of benzene rings is 1. The molecule has 0 aliphatic rings. The molecule has 1 aromatic heterocycles. The van der Waals surface area contributed by atoms with E-state index in [1.807, 2.05) is 6.92 Å². The van der Waals surface area contributed by atoms with Gasteiger partial charge in [0.1, 0.15) is 16.1 Å². The first kappa shape index (κ1) is 15.3. The van der Waals surface area contributed by atoms with Gasteiger partial charge in [0.2, 0.25) is 0 Å². The minimum Gasteiger partial charge on any atom is -0.497 e. The summed E-state index contributed by atoms with van der Waals surface area (Å²) in [7, 11) is 3.07. The summed E-state index contributed by atoms with van der Waals surface area (Å²) in [6, 6.07) is 8.63. The first-order valence-corrected chi connectivity index (χ1v) is 7.01. The van der Waals surface area contributed by atoms with Crippen molar-refractivity contribution in [3.63, 3.8) is 0 Å². The molecule has 6 heteroatoms. The number of methoxy groups -OCH3 is 2. The molecule has 1 aromatic carbocycles. The Morgan fingerprint density at radius 2 is 1.95 bits per heavy atom. The number of amides is 1. The summed E-state index contributed by atoms with van der Waals surface area (Å²) in [5.74, 6) is 0.792. The molecule has 1 heterocycles. The molecule has 5 nitrogen and oxygen atoms in total. The van der Waals surface area contributed by atoms with Crippen molar-refractivity contribution in [1.82, 2.24) is 4.98 Å². The van der Waals surface area contributed by atoms with Crippen LogP contribution in [0.2, 0.25) is 0 Å². The van der Waals surface area contributed by atoms with Crippen molar-refractivity contribution < 1.29 is 14.3 Å². The van der Waals surface area contributed by atoms with E-state index in [0.717, 1.165) is 10.3 Å². The second-order valence-electron chi connectivity index (χ2n) is 4.29. The zero-order valence-corrected chi connectivity index (χ0v) is 13.5. The topological polar surface area (TPSA) is 60.5 Å². The molecule has 21 heavy (non-hydrogen) atoms. The molecule has 0 spiro atoms.